The van der Waals surface area contributed by atoms with E-state index in [1.165, 1.54) is 4.90 Å². The lowest BCUT2D eigenvalue weighted by atomic mass is 10.1. The minimum absolute atomic E-state index is 0.159. The maximum atomic E-state index is 10.8. The Balaban J connectivity index is 1.37. The van der Waals surface area contributed by atoms with Crippen molar-refractivity contribution >= 4 is 17.7 Å². The van der Waals surface area contributed by atoms with E-state index >= 15 is 0 Å². The molecule has 1 aliphatic rings. The fourth-order valence-electron chi connectivity index (χ4n) is 3.55. The molecule has 31 heavy (non-hydrogen) atoms. The number of hydrogen-bond donors (Lipinski definition) is 1. The van der Waals surface area contributed by atoms with Crippen molar-refractivity contribution < 1.29 is 14.6 Å². The third kappa shape index (κ3) is 5.62. The third-order valence-corrected chi connectivity index (χ3v) is 6.08. The lowest BCUT2D eigenvalue weighted by Crippen LogP contribution is -2.33. The number of benzene rings is 2. The Morgan fingerprint density at radius 1 is 1.16 bits per heavy atom. The van der Waals surface area contributed by atoms with Crippen LogP contribution in [0.1, 0.15) is 23.2 Å². The molecule has 2 aromatic carbocycles. The average molecular weight is 436 g/mol. The standard InChI is InChI=1S/C24H25N3O3S/c1-31-21-8-2-17(3-9-21)16-30-20-6-4-18(5-7-20)24-25-14-19-15-27(13-11-23(28)29)12-10-22(19)26-24/h2-9,14H,10-13,15-16H2,1H3,(H,28,29). The molecule has 0 bridgehead atoms. The van der Waals surface area contributed by atoms with Crippen LogP contribution in [0.2, 0.25) is 0 Å². The molecule has 0 spiro atoms. The van der Waals surface area contributed by atoms with Gasteiger partial charge in [0.2, 0.25) is 0 Å². The van der Waals surface area contributed by atoms with Gasteiger partial charge in [-0.1, -0.05) is 12.1 Å². The van der Waals surface area contributed by atoms with Crippen LogP contribution in [0.25, 0.3) is 11.4 Å². The highest BCUT2D eigenvalue weighted by atomic mass is 32.2. The van der Waals surface area contributed by atoms with Gasteiger partial charge < -0.3 is 9.84 Å². The highest BCUT2D eigenvalue weighted by molar-refractivity contribution is 7.98. The molecule has 1 N–H and O–H groups in total. The normalized spacial score (nSPS) is 13.6. The number of thioether (sulfide) groups is 1. The molecule has 0 unspecified atom stereocenters. The van der Waals surface area contributed by atoms with Crippen molar-refractivity contribution in [1.29, 1.82) is 0 Å². The summed E-state index contributed by atoms with van der Waals surface area (Å²) in [6.45, 7) is 2.61. The highest BCUT2D eigenvalue weighted by Crippen LogP contribution is 2.24. The predicted octanol–water partition coefficient (Wildman–Crippen LogP) is 4.28. The van der Waals surface area contributed by atoms with Crippen LogP contribution < -0.4 is 4.74 Å². The minimum Gasteiger partial charge on any atom is -0.489 e. The van der Waals surface area contributed by atoms with Gasteiger partial charge in [-0.3, -0.25) is 9.69 Å². The second kappa shape index (κ2) is 9.94. The zero-order valence-electron chi connectivity index (χ0n) is 17.5. The van der Waals surface area contributed by atoms with Gasteiger partial charge in [0.15, 0.2) is 5.82 Å². The largest absolute Gasteiger partial charge is 0.489 e. The van der Waals surface area contributed by atoms with Gasteiger partial charge in [0.05, 0.1) is 12.1 Å². The maximum Gasteiger partial charge on any atom is 0.304 e. The van der Waals surface area contributed by atoms with Gasteiger partial charge in [0, 0.05) is 48.3 Å². The van der Waals surface area contributed by atoms with Gasteiger partial charge in [0.1, 0.15) is 12.4 Å². The van der Waals surface area contributed by atoms with Gasteiger partial charge in [-0.15, -0.1) is 11.8 Å². The summed E-state index contributed by atoms with van der Waals surface area (Å²) in [5.41, 5.74) is 4.21. The first-order chi connectivity index (χ1) is 15.1. The molecular weight excluding hydrogens is 410 g/mol. The molecule has 3 aromatic rings. The van der Waals surface area contributed by atoms with E-state index in [-0.39, 0.29) is 6.42 Å². The second-order valence-corrected chi connectivity index (χ2v) is 8.38. The Labute approximate surface area is 186 Å². The quantitative estimate of drug-likeness (QED) is 0.529. The Bertz CT molecular complexity index is 1040. The molecule has 2 heterocycles. The Morgan fingerprint density at radius 2 is 1.94 bits per heavy atom. The van der Waals surface area contributed by atoms with Crippen molar-refractivity contribution in [3.63, 3.8) is 0 Å². The molecule has 1 aromatic heterocycles. The fraction of sp³-hybridized carbons (Fsp3) is 0.292. The third-order valence-electron chi connectivity index (χ3n) is 5.33. The lowest BCUT2D eigenvalue weighted by molar-refractivity contribution is -0.137. The second-order valence-electron chi connectivity index (χ2n) is 7.50. The highest BCUT2D eigenvalue weighted by Gasteiger charge is 2.19. The number of aliphatic carboxylic acids is 1. The number of carboxylic acids is 1. The molecule has 0 atom stereocenters. The van der Waals surface area contributed by atoms with E-state index in [0.29, 0.717) is 25.5 Å². The van der Waals surface area contributed by atoms with Crippen molar-refractivity contribution in [2.45, 2.75) is 30.9 Å². The van der Waals surface area contributed by atoms with E-state index in [1.807, 2.05) is 30.5 Å². The average Bonchev–Trinajstić information content (AvgIpc) is 2.81. The van der Waals surface area contributed by atoms with Gasteiger partial charge in [-0.25, -0.2) is 9.97 Å². The SMILES string of the molecule is CSc1ccc(COc2ccc(-c3ncc4c(n3)CCN(CCC(=O)O)C4)cc2)cc1. The molecule has 4 rings (SSSR count). The molecule has 0 fully saturated rings. The number of ether oxygens (including phenoxy) is 1. The fourth-order valence-corrected chi connectivity index (χ4v) is 3.96. The van der Waals surface area contributed by atoms with E-state index in [4.69, 9.17) is 14.8 Å². The zero-order valence-corrected chi connectivity index (χ0v) is 18.3. The molecular formula is C24H25N3O3S. The van der Waals surface area contributed by atoms with Crippen LogP contribution in [0.3, 0.4) is 0 Å². The number of carboxylic acid groups (broad SMARTS) is 1. The van der Waals surface area contributed by atoms with E-state index < -0.39 is 5.97 Å². The zero-order chi connectivity index (χ0) is 21.6. The smallest absolute Gasteiger partial charge is 0.304 e. The van der Waals surface area contributed by atoms with Crippen molar-refractivity contribution in [3.05, 3.63) is 71.5 Å². The van der Waals surface area contributed by atoms with Crippen molar-refractivity contribution in [1.82, 2.24) is 14.9 Å². The number of fused-ring (bicyclic) bond motifs is 1. The molecule has 7 heteroatoms. The topological polar surface area (TPSA) is 75.6 Å². The molecule has 160 valence electrons. The summed E-state index contributed by atoms with van der Waals surface area (Å²) in [6, 6.07) is 16.2. The van der Waals surface area contributed by atoms with Gasteiger partial charge in [0.25, 0.3) is 0 Å². The van der Waals surface area contributed by atoms with Crippen LogP contribution in [0.4, 0.5) is 0 Å². The van der Waals surface area contributed by atoms with Crippen LogP contribution in [0, 0.1) is 0 Å². The summed E-state index contributed by atoms with van der Waals surface area (Å²) in [5, 5.41) is 8.87. The predicted molar refractivity (Wildman–Crippen MR) is 121 cm³/mol. The first-order valence-electron chi connectivity index (χ1n) is 10.3. The van der Waals surface area contributed by atoms with Crippen LogP contribution in [-0.2, 0) is 24.4 Å². The van der Waals surface area contributed by atoms with Crippen molar-refractivity contribution in [3.8, 4) is 17.1 Å². The van der Waals surface area contributed by atoms with E-state index in [9.17, 15) is 4.79 Å². The Hall–Kier alpha value is -2.90. The lowest BCUT2D eigenvalue weighted by Gasteiger charge is -2.27. The van der Waals surface area contributed by atoms with Crippen LogP contribution in [-0.4, -0.2) is 45.3 Å². The summed E-state index contributed by atoms with van der Waals surface area (Å²) >= 11 is 1.73. The van der Waals surface area contributed by atoms with Gasteiger partial charge >= 0.3 is 5.97 Å². The van der Waals surface area contributed by atoms with Crippen LogP contribution in [0.5, 0.6) is 5.75 Å². The number of rotatable bonds is 8. The number of nitrogens with zero attached hydrogens (tertiary/aromatic N) is 3. The summed E-state index contributed by atoms with van der Waals surface area (Å²) < 4.78 is 5.90. The van der Waals surface area contributed by atoms with Crippen LogP contribution >= 0.6 is 11.8 Å². The first-order valence-corrected chi connectivity index (χ1v) is 11.5. The van der Waals surface area contributed by atoms with E-state index in [2.05, 4.69) is 40.4 Å². The number of aromatic nitrogens is 2. The van der Waals surface area contributed by atoms with Crippen LogP contribution in [0.15, 0.2) is 59.6 Å². The van der Waals surface area contributed by atoms with Gasteiger partial charge in [-0.05, 0) is 48.2 Å². The summed E-state index contributed by atoms with van der Waals surface area (Å²) in [5.74, 6) is 0.750. The number of carbonyl (C=O) groups is 1. The molecule has 0 saturated heterocycles. The molecule has 0 amide bonds. The monoisotopic (exact) mass is 435 g/mol. The molecule has 0 aliphatic carbocycles. The van der Waals surface area contributed by atoms with Crippen molar-refractivity contribution in [2.75, 3.05) is 19.3 Å². The maximum absolute atomic E-state index is 10.8. The molecule has 0 radical (unpaired) electrons. The molecule has 1 aliphatic heterocycles. The summed E-state index contributed by atoms with van der Waals surface area (Å²) in [4.78, 5) is 23.5. The van der Waals surface area contributed by atoms with Crippen molar-refractivity contribution in [2.24, 2.45) is 0 Å². The molecule has 6 nitrogen and oxygen atoms in total. The first kappa shape index (κ1) is 21.3. The van der Waals surface area contributed by atoms with Gasteiger partial charge in [-0.2, -0.15) is 0 Å². The minimum atomic E-state index is -0.765. The van der Waals surface area contributed by atoms with E-state index in [1.54, 1.807) is 11.8 Å². The Morgan fingerprint density at radius 3 is 2.65 bits per heavy atom. The number of hydrogen-bond acceptors (Lipinski definition) is 6. The van der Waals surface area contributed by atoms with E-state index in [0.717, 1.165) is 41.1 Å². The molecule has 0 saturated carbocycles. The summed E-state index contributed by atoms with van der Waals surface area (Å²) in [6.07, 6.45) is 4.90. The Kier molecular flexibility index (Phi) is 6.84. The summed E-state index contributed by atoms with van der Waals surface area (Å²) in [7, 11) is 0.